The van der Waals surface area contributed by atoms with E-state index in [1.54, 1.807) is 12.5 Å². The maximum Gasteiger partial charge on any atom is 0.192 e. The average molecular weight is 258 g/mol. The molecule has 7 heteroatoms. The molecule has 3 rings (SSSR count). The lowest BCUT2D eigenvalue weighted by Gasteiger charge is -2.14. The quantitative estimate of drug-likeness (QED) is 0.356. The van der Waals surface area contributed by atoms with Crippen molar-refractivity contribution in [3.63, 3.8) is 0 Å². The van der Waals surface area contributed by atoms with Crippen LogP contribution >= 0.6 is 0 Å². The van der Waals surface area contributed by atoms with E-state index in [1.165, 1.54) is 6.20 Å². The van der Waals surface area contributed by atoms with E-state index in [0.29, 0.717) is 11.5 Å². The normalized spacial score (nSPS) is 15.3. The Kier molecular flexibility index (Phi) is 2.86. The molecule has 0 amide bonds. The first-order valence-electron chi connectivity index (χ1n) is 6.15. The van der Waals surface area contributed by atoms with Crippen LogP contribution in [0.1, 0.15) is 29.9 Å². The Balaban J connectivity index is 2.15. The third-order valence-electron chi connectivity index (χ3n) is 3.29. The minimum atomic E-state index is -0.0543. The lowest BCUT2D eigenvalue weighted by Crippen LogP contribution is -2.20. The van der Waals surface area contributed by atoms with Gasteiger partial charge in [-0.2, -0.15) is 0 Å². The monoisotopic (exact) mass is 258 g/mol. The first-order chi connectivity index (χ1) is 9.31. The molecule has 7 nitrogen and oxygen atoms in total. The van der Waals surface area contributed by atoms with Crippen molar-refractivity contribution in [3.05, 3.63) is 35.8 Å². The summed E-state index contributed by atoms with van der Waals surface area (Å²) in [4.78, 5) is 12.8. The van der Waals surface area contributed by atoms with Gasteiger partial charge in [0, 0.05) is 18.1 Å². The minimum Gasteiger partial charge on any atom is -0.409 e. The number of rotatable bonds is 2. The number of hydrogen-bond donors (Lipinski definition) is 2. The van der Waals surface area contributed by atoms with Gasteiger partial charge in [-0.25, -0.2) is 15.0 Å². The van der Waals surface area contributed by atoms with E-state index in [1.807, 2.05) is 4.57 Å². The molecule has 0 unspecified atom stereocenters. The first-order valence-corrected chi connectivity index (χ1v) is 6.15. The Morgan fingerprint density at radius 2 is 2.00 bits per heavy atom. The minimum absolute atomic E-state index is 0.0543. The van der Waals surface area contributed by atoms with Gasteiger partial charge in [-0.05, 0) is 25.7 Å². The standard InChI is InChI=1S/C12H14N6O/c13-11(17-19)10-12(15-6-5-14-10)18-7-16-8-3-1-2-4-9(8)18/h5-7,19H,1-4H2,(H2,13,17). The van der Waals surface area contributed by atoms with Crippen LogP contribution in [0.15, 0.2) is 23.9 Å². The fourth-order valence-electron chi connectivity index (χ4n) is 2.39. The Bertz CT molecular complexity index is 633. The largest absolute Gasteiger partial charge is 0.409 e. The molecule has 2 aromatic rings. The fraction of sp³-hybridized carbons (Fsp3) is 0.333. The molecule has 0 bridgehead atoms. The summed E-state index contributed by atoms with van der Waals surface area (Å²) in [7, 11) is 0. The van der Waals surface area contributed by atoms with Crippen LogP contribution in [-0.2, 0) is 12.8 Å². The van der Waals surface area contributed by atoms with E-state index in [-0.39, 0.29) is 5.84 Å². The number of imidazole rings is 1. The van der Waals surface area contributed by atoms with Gasteiger partial charge in [0.25, 0.3) is 0 Å². The molecule has 0 saturated heterocycles. The molecule has 1 aliphatic carbocycles. The second-order valence-corrected chi connectivity index (χ2v) is 4.43. The average Bonchev–Trinajstić information content (AvgIpc) is 2.90. The number of fused-ring (bicyclic) bond motifs is 1. The van der Waals surface area contributed by atoms with E-state index in [2.05, 4.69) is 20.1 Å². The topological polar surface area (TPSA) is 102 Å². The molecular weight excluding hydrogens is 244 g/mol. The molecule has 19 heavy (non-hydrogen) atoms. The summed E-state index contributed by atoms with van der Waals surface area (Å²) in [5.41, 5.74) is 8.24. The van der Waals surface area contributed by atoms with Crippen molar-refractivity contribution in [2.75, 3.05) is 0 Å². The number of hydrogen-bond acceptors (Lipinski definition) is 5. The number of nitrogens with two attached hydrogens (primary N) is 1. The predicted molar refractivity (Wildman–Crippen MR) is 68.3 cm³/mol. The Labute approximate surface area is 109 Å². The summed E-state index contributed by atoms with van der Waals surface area (Å²) in [5, 5.41) is 11.8. The number of nitrogens with zero attached hydrogens (tertiary/aromatic N) is 5. The van der Waals surface area contributed by atoms with Crippen LogP contribution in [-0.4, -0.2) is 30.6 Å². The zero-order valence-corrected chi connectivity index (χ0v) is 10.3. The molecule has 0 aliphatic heterocycles. The Morgan fingerprint density at radius 3 is 2.84 bits per heavy atom. The molecule has 0 spiro atoms. The molecule has 0 atom stereocenters. The third kappa shape index (κ3) is 1.92. The zero-order chi connectivity index (χ0) is 13.2. The highest BCUT2D eigenvalue weighted by atomic mass is 16.4. The van der Waals surface area contributed by atoms with Crippen LogP contribution in [0.25, 0.3) is 5.82 Å². The van der Waals surface area contributed by atoms with E-state index < -0.39 is 0 Å². The molecule has 3 N–H and O–H groups in total. The van der Waals surface area contributed by atoms with Crippen LogP contribution in [0.4, 0.5) is 0 Å². The smallest absolute Gasteiger partial charge is 0.192 e. The van der Waals surface area contributed by atoms with Crippen LogP contribution in [0.5, 0.6) is 0 Å². The van der Waals surface area contributed by atoms with Crippen molar-refractivity contribution in [2.45, 2.75) is 25.7 Å². The molecule has 1 aliphatic rings. The lowest BCUT2D eigenvalue weighted by molar-refractivity contribution is 0.318. The van der Waals surface area contributed by atoms with Crippen LogP contribution in [0.3, 0.4) is 0 Å². The number of amidine groups is 1. The van der Waals surface area contributed by atoms with Gasteiger partial charge < -0.3 is 10.9 Å². The second kappa shape index (κ2) is 4.68. The van der Waals surface area contributed by atoms with E-state index in [4.69, 9.17) is 10.9 Å². The number of oxime groups is 1. The third-order valence-corrected chi connectivity index (χ3v) is 3.29. The summed E-state index contributed by atoms with van der Waals surface area (Å²) < 4.78 is 1.88. The van der Waals surface area contributed by atoms with E-state index >= 15 is 0 Å². The molecule has 2 heterocycles. The lowest BCUT2D eigenvalue weighted by atomic mass is 10.0. The van der Waals surface area contributed by atoms with Crippen molar-refractivity contribution < 1.29 is 5.21 Å². The SMILES string of the molecule is NC(=NO)c1nccnc1-n1cnc2c1CCCC2. The Hall–Kier alpha value is -2.44. The highest BCUT2D eigenvalue weighted by Gasteiger charge is 2.20. The van der Waals surface area contributed by atoms with Gasteiger partial charge in [-0.1, -0.05) is 5.16 Å². The second-order valence-electron chi connectivity index (χ2n) is 4.43. The molecule has 0 aromatic carbocycles. The summed E-state index contributed by atoms with van der Waals surface area (Å²) in [5.74, 6) is 0.495. The highest BCUT2D eigenvalue weighted by molar-refractivity contribution is 5.97. The van der Waals surface area contributed by atoms with Gasteiger partial charge >= 0.3 is 0 Å². The van der Waals surface area contributed by atoms with E-state index in [0.717, 1.165) is 37.1 Å². The van der Waals surface area contributed by atoms with Gasteiger partial charge in [-0.3, -0.25) is 4.57 Å². The van der Waals surface area contributed by atoms with Crippen LogP contribution < -0.4 is 5.73 Å². The molecular formula is C12H14N6O. The van der Waals surface area contributed by atoms with Gasteiger partial charge in [0.2, 0.25) is 0 Å². The summed E-state index contributed by atoms with van der Waals surface area (Å²) >= 11 is 0. The van der Waals surface area contributed by atoms with Crippen LogP contribution in [0.2, 0.25) is 0 Å². The van der Waals surface area contributed by atoms with Gasteiger partial charge in [0.05, 0.1) is 5.69 Å². The van der Waals surface area contributed by atoms with E-state index in [9.17, 15) is 0 Å². The van der Waals surface area contributed by atoms with Gasteiger partial charge in [-0.15, -0.1) is 0 Å². The maximum atomic E-state index is 8.82. The fourth-order valence-corrected chi connectivity index (χ4v) is 2.39. The van der Waals surface area contributed by atoms with Crippen molar-refractivity contribution in [3.8, 4) is 5.82 Å². The maximum absolute atomic E-state index is 8.82. The number of aryl methyl sites for hydroxylation is 1. The Morgan fingerprint density at radius 1 is 1.21 bits per heavy atom. The molecule has 0 radical (unpaired) electrons. The molecule has 0 saturated carbocycles. The van der Waals surface area contributed by atoms with Gasteiger partial charge in [0.15, 0.2) is 17.3 Å². The summed E-state index contributed by atoms with van der Waals surface area (Å²) in [6.07, 6.45) is 9.07. The van der Waals surface area contributed by atoms with Crippen LogP contribution in [0, 0.1) is 0 Å². The van der Waals surface area contributed by atoms with Gasteiger partial charge in [0.1, 0.15) is 6.33 Å². The number of aromatic nitrogens is 4. The summed E-state index contributed by atoms with van der Waals surface area (Å²) in [6.45, 7) is 0. The summed E-state index contributed by atoms with van der Waals surface area (Å²) in [6, 6.07) is 0. The van der Waals surface area contributed by atoms with Crippen molar-refractivity contribution in [1.82, 2.24) is 19.5 Å². The molecule has 0 fully saturated rings. The predicted octanol–water partition coefficient (Wildman–Crippen LogP) is 0.636. The highest BCUT2D eigenvalue weighted by Crippen LogP contribution is 2.23. The first kappa shape index (κ1) is 11.6. The van der Waals surface area contributed by atoms with Crippen molar-refractivity contribution in [2.24, 2.45) is 10.9 Å². The zero-order valence-electron chi connectivity index (χ0n) is 10.3. The van der Waals surface area contributed by atoms with Crippen molar-refractivity contribution >= 4 is 5.84 Å². The molecule has 2 aromatic heterocycles. The van der Waals surface area contributed by atoms with Crippen molar-refractivity contribution in [1.29, 1.82) is 0 Å². The molecule has 98 valence electrons.